The molecule has 1 saturated heterocycles. The fourth-order valence-electron chi connectivity index (χ4n) is 5.39. The summed E-state index contributed by atoms with van der Waals surface area (Å²) in [6.07, 6.45) is 5.55. The number of nitrogens with zero attached hydrogens (tertiary/aromatic N) is 4. The number of hydrogen-bond acceptors (Lipinski definition) is 6. The molecule has 1 aromatic carbocycles. The predicted octanol–water partition coefficient (Wildman–Crippen LogP) is 4.97. The Balaban J connectivity index is 1.38. The third-order valence-electron chi connectivity index (χ3n) is 7.05. The number of anilines is 2. The van der Waals surface area contributed by atoms with Crippen LogP contribution in [0.3, 0.4) is 0 Å². The maximum absolute atomic E-state index is 13.7. The van der Waals surface area contributed by atoms with Crippen molar-refractivity contribution in [3.05, 3.63) is 77.0 Å². The number of ketones is 1. The quantitative estimate of drug-likeness (QED) is 0.416. The minimum absolute atomic E-state index is 0.113. The highest BCUT2D eigenvalue weighted by atomic mass is 19.1. The first kappa shape index (κ1) is 22.8. The van der Waals surface area contributed by atoms with Gasteiger partial charge < -0.3 is 15.0 Å². The van der Waals surface area contributed by atoms with Crippen molar-refractivity contribution >= 4 is 22.9 Å². The summed E-state index contributed by atoms with van der Waals surface area (Å²) >= 11 is 0. The van der Waals surface area contributed by atoms with Crippen molar-refractivity contribution in [2.75, 3.05) is 32.6 Å². The molecule has 0 bridgehead atoms. The molecule has 4 aromatic rings. The Morgan fingerprint density at radius 1 is 1.19 bits per heavy atom. The van der Waals surface area contributed by atoms with Crippen LogP contribution in [0.25, 0.3) is 16.9 Å². The second kappa shape index (κ2) is 9.11. The molecular weight excluding hydrogens is 457 g/mol. The van der Waals surface area contributed by atoms with Gasteiger partial charge in [-0.15, -0.1) is 0 Å². The molecule has 0 spiro atoms. The zero-order valence-electron chi connectivity index (χ0n) is 20.4. The largest absolute Gasteiger partial charge is 0.381 e. The molecule has 1 fully saturated rings. The van der Waals surface area contributed by atoms with Gasteiger partial charge in [0.2, 0.25) is 0 Å². The van der Waals surface area contributed by atoms with Crippen molar-refractivity contribution in [2.24, 2.45) is 0 Å². The number of halogens is 1. The lowest BCUT2D eigenvalue weighted by atomic mass is 9.96. The number of aromatic nitrogens is 3. The van der Waals surface area contributed by atoms with Gasteiger partial charge in [-0.1, -0.05) is 12.1 Å². The molecule has 0 unspecified atom stereocenters. The zero-order chi connectivity index (χ0) is 24.8. The van der Waals surface area contributed by atoms with Crippen molar-refractivity contribution in [3.63, 3.8) is 0 Å². The molecule has 184 valence electrons. The molecule has 1 atom stereocenters. The van der Waals surface area contributed by atoms with Crippen LogP contribution in [-0.4, -0.2) is 52.4 Å². The maximum atomic E-state index is 13.7. The van der Waals surface area contributed by atoms with E-state index in [1.807, 2.05) is 36.7 Å². The van der Waals surface area contributed by atoms with Gasteiger partial charge in [-0.3, -0.25) is 9.20 Å². The van der Waals surface area contributed by atoms with Crippen molar-refractivity contribution in [2.45, 2.75) is 31.7 Å². The Bertz CT molecular complexity index is 1470. The number of benzene rings is 1. The predicted molar refractivity (Wildman–Crippen MR) is 136 cm³/mol. The van der Waals surface area contributed by atoms with E-state index in [2.05, 4.69) is 21.3 Å². The van der Waals surface area contributed by atoms with Gasteiger partial charge in [-0.25, -0.2) is 14.4 Å². The van der Waals surface area contributed by atoms with Gasteiger partial charge in [-0.05, 0) is 56.3 Å². The Kier molecular flexibility index (Phi) is 5.78. The lowest BCUT2D eigenvalue weighted by Gasteiger charge is -2.19. The number of rotatable bonds is 6. The van der Waals surface area contributed by atoms with Crippen LogP contribution >= 0.6 is 0 Å². The van der Waals surface area contributed by atoms with Crippen LogP contribution < -0.4 is 5.32 Å². The molecule has 1 N–H and O–H groups in total. The first-order chi connectivity index (χ1) is 17.5. The van der Waals surface area contributed by atoms with Crippen molar-refractivity contribution in [3.8, 4) is 11.3 Å². The van der Waals surface area contributed by atoms with E-state index >= 15 is 0 Å². The molecular formula is C28H28FN5O2. The van der Waals surface area contributed by atoms with E-state index in [1.165, 1.54) is 17.7 Å². The molecule has 7 nitrogen and oxygen atoms in total. The fourth-order valence-corrected chi connectivity index (χ4v) is 5.39. The first-order valence-corrected chi connectivity index (χ1v) is 12.3. The summed E-state index contributed by atoms with van der Waals surface area (Å²) in [7, 11) is 4.07. The normalized spacial score (nSPS) is 17.3. The number of carbonyl (C=O) groups excluding carboxylic acids is 1. The summed E-state index contributed by atoms with van der Waals surface area (Å²) in [6.45, 7) is 2.24. The fraction of sp³-hybridized carbons (Fsp3) is 0.321. The molecule has 3 aromatic heterocycles. The third-order valence-corrected chi connectivity index (χ3v) is 7.05. The Morgan fingerprint density at radius 3 is 2.89 bits per heavy atom. The van der Waals surface area contributed by atoms with Crippen LogP contribution in [0.4, 0.5) is 15.9 Å². The van der Waals surface area contributed by atoms with Crippen LogP contribution in [0.5, 0.6) is 0 Å². The van der Waals surface area contributed by atoms with Crippen molar-refractivity contribution in [1.29, 1.82) is 0 Å². The monoisotopic (exact) mass is 485 g/mol. The molecule has 4 heterocycles. The van der Waals surface area contributed by atoms with Crippen molar-refractivity contribution < 1.29 is 13.9 Å². The average Bonchev–Trinajstić information content (AvgIpc) is 3.60. The van der Waals surface area contributed by atoms with E-state index < -0.39 is 0 Å². The lowest BCUT2D eigenvalue weighted by molar-refractivity contribution is 0.0995. The van der Waals surface area contributed by atoms with Crippen LogP contribution in [0.15, 0.2) is 48.8 Å². The molecule has 8 heteroatoms. The maximum Gasteiger partial charge on any atom is 0.165 e. The number of imidazole rings is 1. The van der Waals surface area contributed by atoms with Gasteiger partial charge >= 0.3 is 0 Å². The highest BCUT2D eigenvalue weighted by molar-refractivity contribution is 6.07. The Morgan fingerprint density at radius 2 is 2.08 bits per heavy atom. The zero-order valence-corrected chi connectivity index (χ0v) is 20.4. The number of carbonyl (C=O) groups is 1. The molecule has 0 amide bonds. The van der Waals surface area contributed by atoms with Gasteiger partial charge in [0.15, 0.2) is 5.78 Å². The van der Waals surface area contributed by atoms with Gasteiger partial charge in [0.1, 0.15) is 17.3 Å². The highest BCUT2D eigenvalue weighted by Crippen LogP contribution is 2.38. The summed E-state index contributed by atoms with van der Waals surface area (Å²) in [5, 5.41) is 3.43. The number of pyridine rings is 2. The second-order valence-electron chi connectivity index (χ2n) is 9.81. The van der Waals surface area contributed by atoms with E-state index in [0.29, 0.717) is 30.0 Å². The van der Waals surface area contributed by atoms with Gasteiger partial charge in [0, 0.05) is 48.9 Å². The Hall–Kier alpha value is -3.62. The first-order valence-electron chi connectivity index (χ1n) is 12.3. The molecule has 0 saturated carbocycles. The average molecular weight is 486 g/mol. The number of fused-ring (bicyclic) bond motifs is 2. The minimum Gasteiger partial charge on any atom is -0.381 e. The van der Waals surface area contributed by atoms with Crippen LogP contribution in [0, 0.1) is 5.82 Å². The summed E-state index contributed by atoms with van der Waals surface area (Å²) in [6, 6.07) is 10.9. The van der Waals surface area contributed by atoms with Crippen molar-refractivity contribution in [1.82, 2.24) is 19.3 Å². The second-order valence-corrected chi connectivity index (χ2v) is 9.81. The number of Topliss-reactive ketones (excluding diaryl/α,β-unsaturated/α-hetero) is 1. The van der Waals surface area contributed by atoms with Crippen LogP contribution in [0.1, 0.15) is 45.9 Å². The van der Waals surface area contributed by atoms with E-state index in [4.69, 9.17) is 9.72 Å². The van der Waals surface area contributed by atoms with Crippen LogP contribution in [-0.2, 0) is 17.7 Å². The number of ether oxygens (including phenoxy) is 1. The summed E-state index contributed by atoms with van der Waals surface area (Å²) < 4.78 is 21.1. The van der Waals surface area contributed by atoms with E-state index in [9.17, 15) is 9.18 Å². The third kappa shape index (κ3) is 4.06. The number of hydrogen-bond donors (Lipinski definition) is 1. The smallest absolute Gasteiger partial charge is 0.165 e. The molecule has 2 aliphatic rings. The standard InChI is InChI=1S/C28H28FN5O2/c1-33(2)15-23-19(17-10-12-36-16-17)5-8-26(32-23)31-22-6-3-20(21-4-7-25(35)28(21)22)24-14-30-27-13-18(29)9-11-34(24)27/h3,5-6,8-9,11,13-14,17H,4,7,10,12,15-16H2,1-2H3,(H,31,32)/t17-/m0/s1. The molecule has 6 rings (SSSR count). The molecule has 36 heavy (non-hydrogen) atoms. The minimum atomic E-state index is -0.327. The van der Waals surface area contributed by atoms with Gasteiger partial charge in [-0.2, -0.15) is 0 Å². The topological polar surface area (TPSA) is 71.8 Å². The SMILES string of the molecule is CN(C)Cc1nc(Nc2ccc(-c3cnc4cc(F)ccn34)c3c2C(=O)CC3)ccc1[C@H]1CCOC1. The van der Waals surface area contributed by atoms with Crippen LogP contribution in [0.2, 0.25) is 0 Å². The van der Waals surface area contributed by atoms with E-state index in [0.717, 1.165) is 60.2 Å². The molecule has 0 radical (unpaired) electrons. The van der Waals surface area contributed by atoms with E-state index in [1.54, 1.807) is 12.4 Å². The van der Waals surface area contributed by atoms with Gasteiger partial charge in [0.05, 0.1) is 29.9 Å². The highest BCUT2D eigenvalue weighted by Gasteiger charge is 2.28. The molecule has 1 aliphatic carbocycles. The summed E-state index contributed by atoms with van der Waals surface area (Å²) in [5.74, 6) is 0.870. The van der Waals surface area contributed by atoms with Gasteiger partial charge in [0.25, 0.3) is 0 Å². The Labute approximate surface area is 208 Å². The summed E-state index contributed by atoms with van der Waals surface area (Å²) in [4.78, 5) is 24.4. The molecule has 1 aliphatic heterocycles. The lowest BCUT2D eigenvalue weighted by Crippen LogP contribution is -2.16. The summed E-state index contributed by atoms with van der Waals surface area (Å²) in [5.41, 5.74) is 7.03. The number of nitrogens with one attached hydrogen (secondary N) is 1. The van der Waals surface area contributed by atoms with E-state index in [-0.39, 0.29) is 11.6 Å².